The van der Waals surface area contributed by atoms with Crippen molar-refractivity contribution in [2.75, 3.05) is 33.7 Å². The van der Waals surface area contributed by atoms with E-state index in [9.17, 15) is 9.59 Å². The maximum absolute atomic E-state index is 13.3. The molecule has 3 fully saturated rings. The van der Waals surface area contributed by atoms with Crippen LogP contribution in [0.5, 0.6) is 0 Å². The van der Waals surface area contributed by atoms with E-state index in [1.807, 2.05) is 11.8 Å². The molecule has 3 saturated heterocycles. The normalized spacial score (nSPS) is 34.4. The van der Waals surface area contributed by atoms with Crippen LogP contribution in [0.15, 0.2) is 0 Å². The number of Topliss-reactive ketones (excluding diaryl/α,β-unsaturated/α-hetero) is 1. The van der Waals surface area contributed by atoms with Crippen LogP contribution in [0, 0.1) is 18.8 Å². The highest BCUT2D eigenvalue weighted by molar-refractivity contribution is 6.04. The number of ketones is 1. The number of aryl methyl sites for hydroxylation is 1. The zero-order valence-corrected chi connectivity index (χ0v) is 16.5. The molecule has 1 aromatic rings. The van der Waals surface area contributed by atoms with E-state index < -0.39 is 0 Å². The van der Waals surface area contributed by atoms with Gasteiger partial charge in [0.25, 0.3) is 5.91 Å². The Balaban J connectivity index is 1.41. The first kappa shape index (κ1) is 17.4. The van der Waals surface area contributed by atoms with Crippen LogP contribution in [-0.4, -0.2) is 71.9 Å². The van der Waals surface area contributed by atoms with Crippen molar-refractivity contribution in [2.45, 2.75) is 50.7 Å². The van der Waals surface area contributed by atoms with Crippen molar-refractivity contribution in [3.8, 4) is 0 Å². The van der Waals surface area contributed by atoms with Crippen LogP contribution in [0.3, 0.4) is 0 Å². The Morgan fingerprint density at radius 2 is 2.19 bits per heavy atom. The summed E-state index contributed by atoms with van der Waals surface area (Å²) in [6, 6.07) is 0. The van der Waals surface area contributed by atoms with E-state index in [4.69, 9.17) is 4.74 Å². The van der Waals surface area contributed by atoms with Gasteiger partial charge in [0.2, 0.25) is 0 Å². The number of H-pyrrole nitrogens is 1. The first-order chi connectivity index (χ1) is 12.9. The molecular weight excluding hydrogens is 342 g/mol. The predicted molar refractivity (Wildman–Crippen MR) is 101 cm³/mol. The number of hydrogen-bond acceptors (Lipinski definition) is 4. The quantitative estimate of drug-likeness (QED) is 0.883. The van der Waals surface area contributed by atoms with Crippen LogP contribution in [0.1, 0.15) is 57.8 Å². The summed E-state index contributed by atoms with van der Waals surface area (Å²) < 4.78 is 6.46. The van der Waals surface area contributed by atoms with Gasteiger partial charge in [-0.2, -0.15) is 0 Å². The van der Waals surface area contributed by atoms with Crippen molar-refractivity contribution in [2.24, 2.45) is 11.8 Å². The van der Waals surface area contributed by atoms with Crippen LogP contribution in [0.4, 0.5) is 0 Å². The molecule has 0 aromatic carbocycles. The Labute approximate surface area is 160 Å². The second-order valence-corrected chi connectivity index (χ2v) is 9.23. The van der Waals surface area contributed by atoms with Gasteiger partial charge < -0.3 is 19.5 Å². The smallest absolute Gasteiger partial charge is 0.270 e. The number of aromatic nitrogens is 1. The van der Waals surface area contributed by atoms with Gasteiger partial charge in [0.15, 0.2) is 5.78 Å². The number of fused-ring (bicyclic) bond motifs is 2. The minimum Gasteiger partial charge on any atom is -0.369 e. The summed E-state index contributed by atoms with van der Waals surface area (Å²) in [5.74, 6) is 1.14. The molecule has 1 aromatic heterocycles. The number of nitrogens with zero attached hydrogens (tertiary/aromatic N) is 2. The molecule has 1 N–H and O–H groups in total. The lowest BCUT2D eigenvalue weighted by Crippen LogP contribution is -2.40. The number of amides is 1. The van der Waals surface area contributed by atoms with Gasteiger partial charge in [-0.15, -0.1) is 0 Å². The van der Waals surface area contributed by atoms with Crippen molar-refractivity contribution < 1.29 is 14.3 Å². The highest BCUT2D eigenvalue weighted by atomic mass is 16.5. The van der Waals surface area contributed by atoms with Crippen LogP contribution in [0.2, 0.25) is 0 Å². The van der Waals surface area contributed by atoms with E-state index in [1.165, 1.54) is 0 Å². The molecule has 1 spiro atoms. The van der Waals surface area contributed by atoms with E-state index in [-0.39, 0.29) is 17.3 Å². The SMILES string of the molecule is Cc1c(C(=O)N2C[C@H]3[C@@H](CN(C)C)[C@@H]4CC[C@@]3(C2)O4)[nH]c2c1C(=O)CCC2. The molecule has 5 rings (SSSR count). The molecule has 6 heteroatoms. The molecule has 27 heavy (non-hydrogen) atoms. The number of ether oxygens (including phenoxy) is 1. The molecule has 4 atom stereocenters. The fraction of sp³-hybridized carbons (Fsp3) is 0.714. The molecule has 0 saturated carbocycles. The Morgan fingerprint density at radius 1 is 1.37 bits per heavy atom. The molecule has 2 bridgehead atoms. The van der Waals surface area contributed by atoms with Crippen molar-refractivity contribution in [1.29, 1.82) is 0 Å². The standard InChI is InChI=1S/C21H29N3O3/c1-12-18-15(5-4-6-16(18)25)22-19(12)20(26)24-10-14-13(9-23(2)3)17-7-8-21(14,11-24)27-17/h13-14,17,22H,4-11H2,1-3H3/t13-,14+,17+,21+/m1/s1. The van der Waals surface area contributed by atoms with Crippen LogP contribution < -0.4 is 0 Å². The van der Waals surface area contributed by atoms with Gasteiger partial charge in [-0.3, -0.25) is 9.59 Å². The first-order valence-corrected chi connectivity index (χ1v) is 10.3. The second-order valence-electron chi connectivity index (χ2n) is 9.23. The number of carbonyl (C=O) groups excluding carboxylic acids is 2. The summed E-state index contributed by atoms with van der Waals surface area (Å²) in [5.41, 5.74) is 3.03. The Kier molecular flexibility index (Phi) is 3.82. The average molecular weight is 371 g/mol. The molecular formula is C21H29N3O3. The third kappa shape index (κ3) is 2.46. The number of hydrogen-bond donors (Lipinski definition) is 1. The van der Waals surface area contributed by atoms with E-state index in [0.717, 1.165) is 55.6 Å². The number of likely N-dealkylation sites (tertiary alicyclic amines) is 1. The summed E-state index contributed by atoms with van der Waals surface area (Å²) in [5, 5.41) is 0. The average Bonchev–Trinajstić information content (AvgIpc) is 3.34. The Bertz CT molecular complexity index is 814. The third-order valence-electron chi connectivity index (χ3n) is 7.30. The number of aromatic amines is 1. The maximum atomic E-state index is 13.3. The fourth-order valence-electron chi connectivity index (χ4n) is 6.16. The number of nitrogens with one attached hydrogen (secondary N) is 1. The minimum atomic E-state index is -0.142. The summed E-state index contributed by atoms with van der Waals surface area (Å²) in [6.45, 7) is 4.39. The van der Waals surface area contributed by atoms with Crippen molar-refractivity contribution >= 4 is 11.7 Å². The summed E-state index contributed by atoms with van der Waals surface area (Å²) >= 11 is 0. The zero-order valence-electron chi connectivity index (χ0n) is 16.5. The van der Waals surface area contributed by atoms with Crippen LogP contribution in [0.25, 0.3) is 0 Å². The topological polar surface area (TPSA) is 65.6 Å². The number of carbonyl (C=O) groups is 2. The van der Waals surface area contributed by atoms with Gasteiger partial charge in [0.05, 0.1) is 18.2 Å². The Hall–Kier alpha value is -1.66. The lowest BCUT2D eigenvalue weighted by atomic mass is 9.73. The van der Waals surface area contributed by atoms with Gasteiger partial charge >= 0.3 is 0 Å². The van der Waals surface area contributed by atoms with E-state index in [0.29, 0.717) is 36.6 Å². The summed E-state index contributed by atoms with van der Waals surface area (Å²) in [7, 11) is 4.22. The predicted octanol–water partition coefficient (Wildman–Crippen LogP) is 2.02. The molecule has 4 heterocycles. The Morgan fingerprint density at radius 3 is 2.93 bits per heavy atom. The molecule has 0 radical (unpaired) electrons. The molecule has 1 aliphatic carbocycles. The van der Waals surface area contributed by atoms with E-state index >= 15 is 0 Å². The molecule has 1 amide bonds. The molecule has 4 aliphatic rings. The molecule has 3 aliphatic heterocycles. The van der Waals surface area contributed by atoms with Crippen LogP contribution in [-0.2, 0) is 11.2 Å². The first-order valence-electron chi connectivity index (χ1n) is 10.3. The van der Waals surface area contributed by atoms with Crippen LogP contribution >= 0.6 is 0 Å². The largest absolute Gasteiger partial charge is 0.369 e. The zero-order chi connectivity index (χ0) is 18.9. The lowest BCUT2D eigenvalue weighted by Gasteiger charge is -2.30. The van der Waals surface area contributed by atoms with Gasteiger partial charge in [-0.25, -0.2) is 0 Å². The third-order valence-corrected chi connectivity index (χ3v) is 7.30. The summed E-state index contributed by atoms with van der Waals surface area (Å²) in [4.78, 5) is 33.2. The highest BCUT2D eigenvalue weighted by Crippen LogP contribution is 2.55. The van der Waals surface area contributed by atoms with Crippen molar-refractivity contribution in [3.05, 3.63) is 22.5 Å². The fourth-order valence-corrected chi connectivity index (χ4v) is 6.16. The molecule has 6 nitrogen and oxygen atoms in total. The highest BCUT2D eigenvalue weighted by Gasteiger charge is 2.63. The minimum absolute atomic E-state index is 0.0362. The van der Waals surface area contributed by atoms with Gasteiger partial charge in [0.1, 0.15) is 5.69 Å². The van der Waals surface area contributed by atoms with Gasteiger partial charge in [0, 0.05) is 42.6 Å². The van der Waals surface area contributed by atoms with Gasteiger partial charge in [-0.05, 0) is 52.3 Å². The van der Waals surface area contributed by atoms with Gasteiger partial charge in [-0.1, -0.05) is 0 Å². The molecule has 0 unspecified atom stereocenters. The molecule has 146 valence electrons. The van der Waals surface area contributed by atoms with Crippen molar-refractivity contribution in [1.82, 2.24) is 14.8 Å². The lowest BCUT2D eigenvalue weighted by molar-refractivity contribution is 0.00250. The van der Waals surface area contributed by atoms with E-state index in [1.54, 1.807) is 0 Å². The number of rotatable bonds is 3. The summed E-state index contributed by atoms with van der Waals surface area (Å²) in [6.07, 6.45) is 4.85. The van der Waals surface area contributed by atoms with E-state index in [2.05, 4.69) is 24.0 Å². The monoisotopic (exact) mass is 371 g/mol. The maximum Gasteiger partial charge on any atom is 0.270 e. The second kappa shape index (κ2) is 5.92. The van der Waals surface area contributed by atoms with Crippen molar-refractivity contribution in [3.63, 3.8) is 0 Å².